The average molecular weight is 379 g/mol. The minimum absolute atomic E-state index is 0.227. The molecule has 0 aromatic heterocycles. The standard InChI is InChI=1S/C22H36NO4/c1-2-3-4-5-13-16-19-22(25)21(23(26)27)18-15-12-10-8-6-7-9-11-14-17-20-24/h8,10,12-13,15-16,21-22,25H,2-7,9,11,14,17-19H2,1H3/b10-8-,15-12-,16-13-. The van der Waals surface area contributed by atoms with Gasteiger partial charge in [0.15, 0.2) is 6.29 Å². The Morgan fingerprint density at radius 3 is 2.30 bits per heavy atom. The molecule has 1 N–H and O–H groups in total. The topological polar surface area (TPSA) is 80.4 Å². The molecule has 0 heterocycles. The zero-order valence-corrected chi connectivity index (χ0v) is 16.7. The SMILES string of the molecule is CCCCC/C=C\CC(O)C(C/C=C\C=C/CCCCCC[C]=O)[N+](=O)[O-]. The molecule has 1 radical (unpaired) electrons. The zero-order valence-electron chi connectivity index (χ0n) is 16.7. The van der Waals surface area contributed by atoms with Crippen LogP contribution in [0.1, 0.15) is 84.0 Å². The van der Waals surface area contributed by atoms with Crippen molar-refractivity contribution in [2.45, 2.75) is 96.1 Å². The van der Waals surface area contributed by atoms with E-state index < -0.39 is 12.1 Å². The number of hydrogen-bond acceptors (Lipinski definition) is 4. The quantitative estimate of drug-likeness (QED) is 0.113. The fraction of sp³-hybridized carbons (Fsp3) is 0.682. The number of nitrogens with zero attached hydrogens (tertiary/aromatic N) is 1. The van der Waals surface area contributed by atoms with Crippen LogP contribution in [0.15, 0.2) is 36.5 Å². The molecule has 0 aliphatic heterocycles. The highest BCUT2D eigenvalue weighted by atomic mass is 16.6. The Morgan fingerprint density at radius 2 is 1.59 bits per heavy atom. The van der Waals surface area contributed by atoms with Gasteiger partial charge in [0.2, 0.25) is 6.04 Å². The fourth-order valence-corrected chi connectivity index (χ4v) is 2.69. The molecule has 5 heteroatoms. The van der Waals surface area contributed by atoms with E-state index in [9.17, 15) is 20.0 Å². The van der Waals surface area contributed by atoms with Crippen LogP contribution in [-0.4, -0.2) is 28.5 Å². The summed E-state index contributed by atoms with van der Waals surface area (Å²) in [5.41, 5.74) is 0. The molecule has 0 fully saturated rings. The largest absolute Gasteiger partial charge is 0.386 e. The van der Waals surface area contributed by atoms with E-state index in [0.29, 0.717) is 12.8 Å². The highest BCUT2D eigenvalue weighted by Gasteiger charge is 2.27. The predicted octanol–water partition coefficient (Wildman–Crippen LogP) is 5.47. The first-order valence-electron chi connectivity index (χ1n) is 10.3. The summed E-state index contributed by atoms with van der Waals surface area (Å²) in [5, 5.41) is 21.2. The number of aliphatic hydroxyl groups is 1. The summed E-state index contributed by atoms with van der Waals surface area (Å²) in [6, 6.07) is -0.968. The number of unbranched alkanes of at least 4 members (excludes halogenated alkanes) is 8. The van der Waals surface area contributed by atoms with E-state index in [1.165, 1.54) is 12.8 Å². The lowest BCUT2D eigenvalue weighted by atomic mass is 10.0. The van der Waals surface area contributed by atoms with E-state index in [1.807, 2.05) is 36.7 Å². The molecule has 0 saturated heterocycles. The first-order chi connectivity index (χ1) is 13.1. The molecule has 0 spiro atoms. The third-order valence-electron chi connectivity index (χ3n) is 4.39. The van der Waals surface area contributed by atoms with Gasteiger partial charge in [-0.05, 0) is 38.5 Å². The molecule has 5 nitrogen and oxygen atoms in total. The number of hydrogen-bond donors (Lipinski definition) is 1. The Balaban J connectivity index is 4.01. The zero-order chi connectivity index (χ0) is 20.2. The number of nitro groups is 1. The molecule has 0 bridgehead atoms. The number of aliphatic hydroxyl groups excluding tert-OH is 1. The second-order valence-corrected chi connectivity index (χ2v) is 6.81. The van der Waals surface area contributed by atoms with Gasteiger partial charge in [0.25, 0.3) is 0 Å². The second-order valence-electron chi connectivity index (χ2n) is 6.81. The molecule has 0 aliphatic rings. The van der Waals surface area contributed by atoms with E-state index >= 15 is 0 Å². The van der Waals surface area contributed by atoms with E-state index in [1.54, 1.807) is 6.08 Å². The Hall–Kier alpha value is -1.75. The predicted molar refractivity (Wildman–Crippen MR) is 111 cm³/mol. The van der Waals surface area contributed by atoms with Crippen LogP contribution in [0.3, 0.4) is 0 Å². The summed E-state index contributed by atoms with van der Waals surface area (Å²) in [6.07, 6.45) is 22.9. The summed E-state index contributed by atoms with van der Waals surface area (Å²) in [6.45, 7) is 2.15. The van der Waals surface area contributed by atoms with Crippen LogP contribution >= 0.6 is 0 Å². The summed E-state index contributed by atoms with van der Waals surface area (Å²) in [5.74, 6) is 0. The monoisotopic (exact) mass is 378 g/mol. The summed E-state index contributed by atoms with van der Waals surface area (Å²) >= 11 is 0. The number of allylic oxidation sites excluding steroid dienone is 4. The van der Waals surface area contributed by atoms with Crippen LogP contribution in [0.25, 0.3) is 0 Å². The number of rotatable bonds is 18. The maximum atomic E-state index is 11.2. The maximum Gasteiger partial charge on any atom is 0.242 e. The molecule has 27 heavy (non-hydrogen) atoms. The minimum Gasteiger partial charge on any atom is -0.386 e. The molecule has 0 saturated carbocycles. The lowest BCUT2D eigenvalue weighted by Crippen LogP contribution is -2.32. The third-order valence-corrected chi connectivity index (χ3v) is 4.39. The first-order valence-corrected chi connectivity index (χ1v) is 10.3. The van der Waals surface area contributed by atoms with Gasteiger partial charge in [-0.2, -0.15) is 0 Å². The average Bonchev–Trinajstić information content (AvgIpc) is 2.65. The van der Waals surface area contributed by atoms with Gasteiger partial charge < -0.3 is 5.11 Å². The Kier molecular flexibility index (Phi) is 17.8. The maximum absolute atomic E-state index is 11.2. The molecule has 0 aromatic rings. The Labute approximate surface area is 164 Å². The van der Waals surface area contributed by atoms with E-state index in [4.69, 9.17) is 0 Å². The normalized spacial score (nSPS) is 14.3. The van der Waals surface area contributed by atoms with E-state index in [-0.39, 0.29) is 11.3 Å². The van der Waals surface area contributed by atoms with Gasteiger partial charge in [-0.25, -0.2) is 0 Å². The van der Waals surface area contributed by atoms with Gasteiger partial charge in [0.05, 0.1) is 0 Å². The Morgan fingerprint density at radius 1 is 0.926 bits per heavy atom. The van der Waals surface area contributed by atoms with Gasteiger partial charge >= 0.3 is 0 Å². The number of carbonyl (C=O) groups excluding carboxylic acids is 1. The lowest BCUT2D eigenvalue weighted by Gasteiger charge is -2.12. The van der Waals surface area contributed by atoms with Crippen molar-refractivity contribution >= 4 is 6.29 Å². The van der Waals surface area contributed by atoms with Crippen molar-refractivity contribution in [3.63, 3.8) is 0 Å². The minimum atomic E-state index is -0.968. The molecular formula is C22H36NO4. The molecule has 153 valence electrons. The third kappa shape index (κ3) is 16.2. The van der Waals surface area contributed by atoms with Crippen molar-refractivity contribution in [3.8, 4) is 0 Å². The van der Waals surface area contributed by atoms with Gasteiger partial charge in [0.1, 0.15) is 6.10 Å². The van der Waals surface area contributed by atoms with Crippen LogP contribution in [-0.2, 0) is 4.79 Å². The summed E-state index contributed by atoms with van der Waals surface area (Å²) in [4.78, 5) is 20.9. The van der Waals surface area contributed by atoms with Crippen molar-refractivity contribution in [1.82, 2.24) is 0 Å². The smallest absolute Gasteiger partial charge is 0.242 e. The van der Waals surface area contributed by atoms with Crippen LogP contribution < -0.4 is 0 Å². The summed E-state index contributed by atoms with van der Waals surface area (Å²) in [7, 11) is 0. The van der Waals surface area contributed by atoms with Crippen LogP contribution in [0.5, 0.6) is 0 Å². The Bertz CT molecular complexity index is 457. The molecule has 2 atom stereocenters. The van der Waals surface area contributed by atoms with E-state index in [2.05, 4.69) is 6.92 Å². The van der Waals surface area contributed by atoms with E-state index in [0.717, 1.165) is 44.9 Å². The van der Waals surface area contributed by atoms with Gasteiger partial charge in [-0.1, -0.05) is 69.1 Å². The van der Waals surface area contributed by atoms with Gasteiger partial charge in [0, 0.05) is 17.8 Å². The first kappa shape index (κ1) is 25.2. The molecule has 0 rings (SSSR count). The van der Waals surface area contributed by atoms with Crippen molar-refractivity contribution in [1.29, 1.82) is 0 Å². The molecule has 2 unspecified atom stereocenters. The van der Waals surface area contributed by atoms with Gasteiger partial charge in [-0.3, -0.25) is 14.9 Å². The van der Waals surface area contributed by atoms with Crippen LogP contribution in [0, 0.1) is 10.1 Å². The highest BCUT2D eigenvalue weighted by Crippen LogP contribution is 2.10. The molecule has 0 amide bonds. The lowest BCUT2D eigenvalue weighted by molar-refractivity contribution is -0.533. The molecule has 0 aliphatic carbocycles. The second kappa shape index (κ2) is 19.0. The van der Waals surface area contributed by atoms with Crippen molar-refractivity contribution in [2.75, 3.05) is 0 Å². The highest BCUT2D eigenvalue weighted by molar-refractivity contribution is 5.50. The van der Waals surface area contributed by atoms with Gasteiger partial charge in [-0.15, -0.1) is 0 Å². The fourth-order valence-electron chi connectivity index (χ4n) is 2.69. The van der Waals surface area contributed by atoms with Crippen molar-refractivity contribution in [2.24, 2.45) is 0 Å². The summed E-state index contributed by atoms with van der Waals surface area (Å²) < 4.78 is 0. The van der Waals surface area contributed by atoms with Crippen LogP contribution in [0.4, 0.5) is 0 Å². The van der Waals surface area contributed by atoms with Crippen molar-refractivity contribution < 1.29 is 14.8 Å². The molecular weight excluding hydrogens is 342 g/mol. The molecule has 0 aromatic carbocycles. The van der Waals surface area contributed by atoms with Crippen molar-refractivity contribution in [3.05, 3.63) is 46.6 Å². The van der Waals surface area contributed by atoms with Crippen LogP contribution in [0.2, 0.25) is 0 Å².